The summed E-state index contributed by atoms with van der Waals surface area (Å²) in [7, 11) is 0. The van der Waals surface area contributed by atoms with Gasteiger partial charge in [0.05, 0.1) is 21.8 Å². The second-order valence-electron chi connectivity index (χ2n) is 12.1. The highest BCUT2D eigenvalue weighted by atomic mass is 35.5. The number of nitrogens with one attached hydrogen (secondary N) is 1. The lowest BCUT2D eigenvalue weighted by molar-refractivity contribution is -0.113. The minimum atomic E-state index is -0.635. The van der Waals surface area contributed by atoms with Gasteiger partial charge in [0.25, 0.3) is 11.5 Å². The van der Waals surface area contributed by atoms with E-state index < -0.39 is 6.04 Å². The van der Waals surface area contributed by atoms with E-state index in [4.69, 9.17) is 16.6 Å². The fraction of sp³-hybridized carbons (Fsp3) is 0.154. The molecule has 234 valence electrons. The van der Waals surface area contributed by atoms with Crippen LogP contribution in [0.5, 0.6) is 0 Å². The molecule has 6 aromatic rings. The van der Waals surface area contributed by atoms with Gasteiger partial charge in [0, 0.05) is 39.9 Å². The van der Waals surface area contributed by atoms with Crippen molar-refractivity contribution in [2.45, 2.75) is 39.3 Å². The van der Waals surface area contributed by atoms with Gasteiger partial charge in [-0.05, 0) is 65.9 Å². The van der Waals surface area contributed by atoms with Crippen LogP contribution in [0, 0.1) is 0 Å². The molecule has 1 aliphatic rings. The fourth-order valence-electron chi connectivity index (χ4n) is 6.16. The monoisotopic (exact) mass is 656 g/mol. The lowest BCUT2D eigenvalue weighted by Gasteiger charge is -2.25. The molecular formula is C39H33ClN4O2S. The number of rotatable bonds is 7. The number of benzene rings is 4. The first-order valence-corrected chi connectivity index (χ1v) is 16.8. The van der Waals surface area contributed by atoms with Gasteiger partial charge in [0.1, 0.15) is 0 Å². The third kappa shape index (κ3) is 6.00. The fourth-order valence-corrected chi connectivity index (χ4v) is 7.32. The van der Waals surface area contributed by atoms with Crippen molar-refractivity contribution in [3.8, 4) is 0 Å². The van der Waals surface area contributed by atoms with Crippen molar-refractivity contribution in [2.75, 3.05) is 5.32 Å². The van der Waals surface area contributed by atoms with Crippen molar-refractivity contribution in [3.05, 3.63) is 168 Å². The lowest BCUT2D eigenvalue weighted by atomic mass is 9.93. The zero-order chi connectivity index (χ0) is 32.7. The van der Waals surface area contributed by atoms with Crippen LogP contribution in [0.25, 0.3) is 17.0 Å². The smallest absolute Gasteiger partial charge is 0.271 e. The van der Waals surface area contributed by atoms with Gasteiger partial charge >= 0.3 is 0 Å². The van der Waals surface area contributed by atoms with E-state index in [1.54, 1.807) is 4.57 Å². The molecule has 1 amide bonds. The molecule has 0 aliphatic carbocycles. The zero-order valence-electron chi connectivity index (χ0n) is 26.3. The van der Waals surface area contributed by atoms with Crippen molar-refractivity contribution < 1.29 is 4.79 Å². The molecule has 1 atom stereocenters. The quantitative estimate of drug-likeness (QED) is 0.192. The Morgan fingerprint density at radius 3 is 2.38 bits per heavy atom. The Morgan fingerprint density at radius 2 is 1.66 bits per heavy atom. The van der Waals surface area contributed by atoms with E-state index in [-0.39, 0.29) is 11.5 Å². The zero-order valence-corrected chi connectivity index (χ0v) is 27.8. The molecule has 4 aromatic carbocycles. The van der Waals surface area contributed by atoms with Crippen molar-refractivity contribution in [3.63, 3.8) is 0 Å². The Bertz CT molecular complexity index is 2330. The normalized spacial score (nSPS) is 14.8. The molecule has 1 N–H and O–H groups in total. The standard InChI is InChI=1S/C39H33ClN4O2S/c1-24(2)27-15-17-28(18-16-27)36-35(37(45)42-31-9-5-4-6-10-31)25(3)41-39-44(36)38(46)34(47-39)21-29-23-43(33-12-8-7-11-32(29)33)22-26-13-19-30(40)20-14-26/h4-21,23-24,36H,22H2,1-3H3,(H,42,45)/b34-21+/t36-/m0/s1. The minimum absolute atomic E-state index is 0.182. The number of aromatic nitrogens is 2. The average Bonchev–Trinajstić information content (AvgIpc) is 3.57. The van der Waals surface area contributed by atoms with Crippen LogP contribution in [0.2, 0.25) is 5.02 Å². The summed E-state index contributed by atoms with van der Waals surface area (Å²) < 4.78 is 4.43. The van der Waals surface area contributed by atoms with Crippen LogP contribution in [0.15, 0.2) is 130 Å². The van der Waals surface area contributed by atoms with Gasteiger partial charge in [-0.2, -0.15) is 0 Å². The number of anilines is 1. The number of para-hydroxylation sites is 2. The molecule has 0 radical (unpaired) electrons. The number of allylic oxidation sites excluding steroid dienone is 1. The molecule has 0 spiro atoms. The number of carbonyl (C=O) groups is 1. The Morgan fingerprint density at radius 1 is 0.957 bits per heavy atom. The summed E-state index contributed by atoms with van der Waals surface area (Å²) in [5.41, 5.74) is 6.71. The van der Waals surface area contributed by atoms with Crippen molar-refractivity contribution >= 4 is 51.5 Å². The Hall–Kier alpha value is -4.98. The van der Waals surface area contributed by atoms with Gasteiger partial charge in [-0.25, -0.2) is 4.99 Å². The van der Waals surface area contributed by atoms with Crippen molar-refractivity contribution in [2.24, 2.45) is 4.99 Å². The molecule has 0 saturated carbocycles. The highest BCUT2D eigenvalue weighted by molar-refractivity contribution is 7.07. The van der Waals surface area contributed by atoms with Crippen molar-refractivity contribution in [1.82, 2.24) is 9.13 Å². The summed E-state index contributed by atoms with van der Waals surface area (Å²) >= 11 is 7.47. The molecule has 0 saturated heterocycles. The predicted octanol–water partition coefficient (Wildman–Crippen LogP) is 7.65. The predicted molar refractivity (Wildman–Crippen MR) is 192 cm³/mol. The van der Waals surface area contributed by atoms with E-state index >= 15 is 0 Å². The number of halogens is 1. The van der Waals surface area contributed by atoms with Crippen LogP contribution >= 0.6 is 22.9 Å². The highest BCUT2D eigenvalue weighted by Gasteiger charge is 2.32. The number of fused-ring (bicyclic) bond motifs is 2. The van der Waals surface area contributed by atoms with E-state index in [2.05, 4.69) is 54.2 Å². The second-order valence-corrected chi connectivity index (χ2v) is 13.5. The number of hydrogen-bond donors (Lipinski definition) is 1. The van der Waals surface area contributed by atoms with Gasteiger partial charge in [-0.15, -0.1) is 0 Å². The number of hydrogen-bond acceptors (Lipinski definition) is 4. The highest BCUT2D eigenvalue weighted by Crippen LogP contribution is 2.32. The third-order valence-corrected chi connectivity index (χ3v) is 9.82. The molecule has 6 nitrogen and oxygen atoms in total. The molecule has 0 bridgehead atoms. The van der Waals surface area contributed by atoms with Gasteiger partial charge in [-0.1, -0.05) is 110 Å². The summed E-state index contributed by atoms with van der Waals surface area (Å²) in [4.78, 5) is 33.7. The van der Waals surface area contributed by atoms with Gasteiger partial charge in [0.2, 0.25) is 0 Å². The first kappa shape index (κ1) is 30.7. The molecule has 3 heterocycles. The van der Waals surface area contributed by atoms with Crippen LogP contribution in [0.1, 0.15) is 55.0 Å². The summed E-state index contributed by atoms with van der Waals surface area (Å²) in [6.07, 6.45) is 4.04. The molecule has 8 heteroatoms. The van der Waals surface area contributed by atoms with Crippen LogP contribution in [0.3, 0.4) is 0 Å². The van der Waals surface area contributed by atoms with Crippen LogP contribution in [-0.4, -0.2) is 15.0 Å². The summed E-state index contributed by atoms with van der Waals surface area (Å²) in [6, 6.07) is 32.9. The Labute approximate surface area is 281 Å². The van der Waals surface area contributed by atoms with E-state index in [1.165, 1.54) is 16.9 Å². The molecule has 2 aromatic heterocycles. The van der Waals surface area contributed by atoms with Crippen LogP contribution in [0.4, 0.5) is 5.69 Å². The molecule has 1 aliphatic heterocycles. The Kier molecular flexibility index (Phi) is 8.26. The first-order valence-electron chi connectivity index (χ1n) is 15.6. The minimum Gasteiger partial charge on any atom is -0.342 e. The van der Waals surface area contributed by atoms with E-state index in [0.717, 1.165) is 27.6 Å². The lowest BCUT2D eigenvalue weighted by Crippen LogP contribution is -2.40. The number of nitrogens with zero attached hydrogens (tertiary/aromatic N) is 3. The van der Waals surface area contributed by atoms with Crippen LogP contribution < -0.4 is 20.2 Å². The molecule has 47 heavy (non-hydrogen) atoms. The number of amides is 1. The number of carbonyl (C=O) groups excluding carboxylic acids is 1. The summed E-state index contributed by atoms with van der Waals surface area (Å²) in [5.74, 6) is 0.0703. The van der Waals surface area contributed by atoms with Gasteiger partial charge < -0.3 is 9.88 Å². The molecular weight excluding hydrogens is 624 g/mol. The summed E-state index contributed by atoms with van der Waals surface area (Å²) in [5, 5.41) is 4.78. The molecule has 0 fully saturated rings. The molecule has 0 unspecified atom stereocenters. The van der Waals surface area contributed by atoms with Crippen molar-refractivity contribution in [1.29, 1.82) is 0 Å². The maximum absolute atomic E-state index is 14.4. The largest absolute Gasteiger partial charge is 0.342 e. The Balaban J connectivity index is 1.35. The van der Waals surface area contributed by atoms with Gasteiger partial charge in [0.15, 0.2) is 4.80 Å². The average molecular weight is 657 g/mol. The van der Waals surface area contributed by atoms with Gasteiger partial charge in [-0.3, -0.25) is 14.2 Å². The first-order chi connectivity index (χ1) is 22.8. The second kappa shape index (κ2) is 12.7. The summed E-state index contributed by atoms with van der Waals surface area (Å²) in [6.45, 7) is 6.80. The van der Waals surface area contributed by atoms with E-state index in [9.17, 15) is 9.59 Å². The third-order valence-electron chi connectivity index (χ3n) is 8.59. The van der Waals surface area contributed by atoms with Crippen LogP contribution in [-0.2, 0) is 11.3 Å². The van der Waals surface area contributed by atoms with E-state index in [1.807, 2.05) is 91.9 Å². The maximum atomic E-state index is 14.4. The molecule has 7 rings (SSSR count). The van der Waals surface area contributed by atoms with E-state index in [0.29, 0.717) is 43.8 Å². The SMILES string of the molecule is CC1=C(C(=O)Nc2ccccc2)[C@H](c2ccc(C(C)C)cc2)n2c(s/c(=C/c3cn(Cc4ccc(Cl)cc4)c4ccccc34)c2=O)=N1. The number of thiazole rings is 1. The maximum Gasteiger partial charge on any atom is 0.271 e. The topological polar surface area (TPSA) is 68.4 Å².